The van der Waals surface area contributed by atoms with Crippen molar-refractivity contribution in [1.29, 1.82) is 0 Å². The van der Waals surface area contributed by atoms with Gasteiger partial charge in [0, 0.05) is 30.2 Å². The lowest BCUT2D eigenvalue weighted by molar-refractivity contribution is -0.118. The van der Waals surface area contributed by atoms with Crippen LogP contribution in [0.1, 0.15) is 18.4 Å². The van der Waals surface area contributed by atoms with E-state index in [1.807, 2.05) is 31.2 Å². The number of carbonyl (C=O) groups is 2. The lowest BCUT2D eigenvalue weighted by Gasteiger charge is -2.23. The fraction of sp³-hybridized carbons (Fsp3) is 0.136. The number of hydrogen-bond donors (Lipinski definition) is 2. The highest BCUT2D eigenvalue weighted by Gasteiger charge is 2.25. The molecule has 0 unspecified atom stereocenters. The van der Waals surface area contributed by atoms with E-state index in [1.54, 1.807) is 30.3 Å². The summed E-state index contributed by atoms with van der Waals surface area (Å²) in [5.74, 6) is -0.518. The number of hydrazone groups is 1. The van der Waals surface area contributed by atoms with E-state index in [0.717, 1.165) is 11.1 Å². The lowest BCUT2D eigenvalue weighted by Crippen LogP contribution is -2.36. The molecule has 0 radical (unpaired) electrons. The zero-order valence-corrected chi connectivity index (χ0v) is 16.3. The number of amides is 2. The van der Waals surface area contributed by atoms with Crippen LogP contribution in [0, 0.1) is 6.92 Å². The minimum atomic E-state index is -0.369. The molecule has 150 valence electrons. The van der Waals surface area contributed by atoms with Crippen LogP contribution in [0.25, 0.3) is 11.3 Å². The van der Waals surface area contributed by atoms with Crippen molar-refractivity contribution < 1.29 is 9.59 Å². The van der Waals surface area contributed by atoms with Crippen molar-refractivity contribution in [3.8, 4) is 11.3 Å². The second-order valence-electron chi connectivity index (χ2n) is 6.93. The van der Waals surface area contributed by atoms with Crippen molar-refractivity contribution in [1.82, 2.24) is 10.2 Å². The Morgan fingerprint density at radius 3 is 2.63 bits per heavy atom. The fourth-order valence-electron chi connectivity index (χ4n) is 3.14. The molecule has 0 atom stereocenters. The molecule has 0 fully saturated rings. The maximum atomic E-state index is 12.8. The molecule has 0 saturated heterocycles. The van der Waals surface area contributed by atoms with Gasteiger partial charge < -0.3 is 5.32 Å². The van der Waals surface area contributed by atoms with Gasteiger partial charge >= 0.3 is 0 Å². The Morgan fingerprint density at radius 1 is 1.03 bits per heavy atom. The van der Waals surface area contributed by atoms with Gasteiger partial charge in [0.15, 0.2) is 0 Å². The SMILES string of the molecule is Cc1cccc(N2N=C(C(=O)Nc3cccc(-c4ccc(=O)[nH]n4)c3)CCC2=O)c1. The molecule has 4 rings (SSSR count). The monoisotopic (exact) mass is 401 g/mol. The molecule has 8 heteroatoms. The highest BCUT2D eigenvalue weighted by Crippen LogP contribution is 2.23. The number of benzene rings is 2. The smallest absolute Gasteiger partial charge is 0.271 e. The first-order chi connectivity index (χ1) is 14.5. The molecule has 2 N–H and O–H groups in total. The number of hydrogen-bond acceptors (Lipinski definition) is 5. The molecule has 2 amide bonds. The lowest BCUT2D eigenvalue weighted by atomic mass is 10.1. The van der Waals surface area contributed by atoms with Gasteiger partial charge in [-0.1, -0.05) is 24.3 Å². The first-order valence-electron chi connectivity index (χ1n) is 9.44. The van der Waals surface area contributed by atoms with E-state index in [-0.39, 0.29) is 35.9 Å². The highest BCUT2D eigenvalue weighted by molar-refractivity contribution is 6.44. The number of aromatic nitrogens is 2. The van der Waals surface area contributed by atoms with Gasteiger partial charge in [0.2, 0.25) is 5.91 Å². The third-order valence-corrected chi connectivity index (χ3v) is 4.64. The molecule has 0 saturated carbocycles. The van der Waals surface area contributed by atoms with Gasteiger partial charge in [-0.05, 0) is 42.8 Å². The predicted octanol–water partition coefficient (Wildman–Crippen LogP) is 2.87. The second-order valence-corrected chi connectivity index (χ2v) is 6.93. The summed E-state index contributed by atoms with van der Waals surface area (Å²) in [7, 11) is 0. The maximum Gasteiger partial charge on any atom is 0.271 e. The van der Waals surface area contributed by atoms with E-state index < -0.39 is 0 Å². The van der Waals surface area contributed by atoms with Crippen molar-refractivity contribution >= 4 is 28.9 Å². The molecular formula is C22H19N5O3. The Kier molecular flexibility index (Phi) is 5.21. The Morgan fingerprint density at radius 2 is 1.87 bits per heavy atom. The molecular weight excluding hydrogens is 382 g/mol. The quantitative estimate of drug-likeness (QED) is 0.701. The third-order valence-electron chi connectivity index (χ3n) is 4.64. The molecule has 0 aliphatic carbocycles. The molecule has 2 heterocycles. The average molecular weight is 401 g/mol. The summed E-state index contributed by atoms with van der Waals surface area (Å²) in [6, 6.07) is 17.5. The van der Waals surface area contributed by atoms with E-state index in [2.05, 4.69) is 20.6 Å². The topological polar surface area (TPSA) is 108 Å². The van der Waals surface area contributed by atoms with Crippen LogP contribution in [0.5, 0.6) is 0 Å². The third kappa shape index (κ3) is 4.17. The summed E-state index contributed by atoms with van der Waals surface area (Å²) in [5.41, 5.74) is 3.51. The van der Waals surface area contributed by atoms with Crippen molar-refractivity contribution in [3.63, 3.8) is 0 Å². The number of nitrogens with zero attached hydrogens (tertiary/aromatic N) is 3. The van der Waals surface area contributed by atoms with Crippen LogP contribution in [-0.4, -0.2) is 27.7 Å². The number of rotatable bonds is 4. The van der Waals surface area contributed by atoms with E-state index >= 15 is 0 Å². The first kappa shape index (κ1) is 19.3. The van der Waals surface area contributed by atoms with Gasteiger partial charge in [-0.15, -0.1) is 0 Å². The molecule has 8 nitrogen and oxygen atoms in total. The fourth-order valence-corrected chi connectivity index (χ4v) is 3.14. The van der Waals surface area contributed by atoms with Crippen LogP contribution in [0.3, 0.4) is 0 Å². The molecule has 30 heavy (non-hydrogen) atoms. The second kappa shape index (κ2) is 8.12. The maximum absolute atomic E-state index is 12.8. The average Bonchev–Trinajstić information content (AvgIpc) is 2.75. The number of aryl methyl sites for hydroxylation is 1. The summed E-state index contributed by atoms with van der Waals surface area (Å²) in [4.78, 5) is 36.3. The number of aromatic amines is 1. The van der Waals surface area contributed by atoms with Gasteiger partial charge in [-0.2, -0.15) is 10.2 Å². The van der Waals surface area contributed by atoms with E-state index in [1.165, 1.54) is 11.1 Å². The van der Waals surface area contributed by atoms with Gasteiger partial charge in [-0.3, -0.25) is 14.4 Å². The molecule has 3 aromatic rings. The molecule has 1 aliphatic heterocycles. The van der Waals surface area contributed by atoms with Crippen LogP contribution < -0.4 is 15.9 Å². The number of anilines is 2. The molecule has 2 aromatic carbocycles. The Balaban J connectivity index is 1.55. The van der Waals surface area contributed by atoms with Crippen LogP contribution >= 0.6 is 0 Å². The first-order valence-corrected chi connectivity index (χ1v) is 9.44. The largest absolute Gasteiger partial charge is 0.321 e. The molecule has 1 aliphatic rings. The summed E-state index contributed by atoms with van der Waals surface area (Å²) < 4.78 is 0. The summed E-state index contributed by atoms with van der Waals surface area (Å²) >= 11 is 0. The van der Waals surface area contributed by atoms with E-state index in [0.29, 0.717) is 17.1 Å². The zero-order chi connectivity index (χ0) is 21.1. The van der Waals surface area contributed by atoms with Crippen LogP contribution in [0.15, 0.2) is 70.6 Å². The van der Waals surface area contributed by atoms with Gasteiger partial charge in [-0.25, -0.2) is 10.1 Å². The van der Waals surface area contributed by atoms with E-state index in [9.17, 15) is 14.4 Å². The van der Waals surface area contributed by atoms with Crippen LogP contribution in [0.4, 0.5) is 11.4 Å². The Bertz CT molecular complexity index is 1190. The standard InChI is InChI=1S/C22H19N5O3/c1-14-4-2-7-17(12-14)27-21(29)11-9-19(26-27)22(30)23-16-6-3-5-15(13-16)18-8-10-20(28)25-24-18/h2-8,10,12-13H,9,11H2,1H3,(H,23,30)(H,25,28). The van der Waals surface area contributed by atoms with Crippen LogP contribution in [-0.2, 0) is 9.59 Å². The summed E-state index contributed by atoms with van der Waals surface area (Å²) in [6.45, 7) is 1.93. The Hall–Kier alpha value is -4.07. The van der Waals surface area contributed by atoms with Gasteiger partial charge in [0.1, 0.15) is 5.71 Å². The summed E-state index contributed by atoms with van der Waals surface area (Å²) in [5, 5.41) is 14.8. The van der Waals surface area contributed by atoms with Crippen LogP contribution in [0.2, 0.25) is 0 Å². The molecule has 0 spiro atoms. The van der Waals surface area contributed by atoms with Crippen molar-refractivity contribution in [2.45, 2.75) is 19.8 Å². The minimum Gasteiger partial charge on any atom is -0.321 e. The predicted molar refractivity (Wildman–Crippen MR) is 114 cm³/mol. The normalized spacial score (nSPS) is 13.7. The zero-order valence-electron chi connectivity index (χ0n) is 16.3. The van der Waals surface area contributed by atoms with Crippen molar-refractivity contribution in [2.24, 2.45) is 5.10 Å². The van der Waals surface area contributed by atoms with Gasteiger partial charge in [0.25, 0.3) is 11.5 Å². The molecule has 0 bridgehead atoms. The van der Waals surface area contributed by atoms with Gasteiger partial charge in [0.05, 0.1) is 11.4 Å². The number of H-pyrrole nitrogens is 1. The Labute approximate surface area is 172 Å². The van der Waals surface area contributed by atoms with Crippen molar-refractivity contribution in [3.05, 3.63) is 76.6 Å². The van der Waals surface area contributed by atoms with E-state index in [4.69, 9.17) is 0 Å². The number of carbonyl (C=O) groups excluding carboxylic acids is 2. The molecule has 1 aromatic heterocycles. The van der Waals surface area contributed by atoms with Crippen molar-refractivity contribution in [2.75, 3.05) is 10.3 Å². The summed E-state index contributed by atoms with van der Waals surface area (Å²) in [6.07, 6.45) is 0.482. The number of nitrogens with one attached hydrogen (secondary N) is 2. The highest BCUT2D eigenvalue weighted by atomic mass is 16.2. The minimum absolute atomic E-state index is 0.150.